The van der Waals surface area contributed by atoms with Crippen LogP contribution in [0, 0.1) is 5.92 Å². The minimum Gasteiger partial charge on any atom is -0.475 e. The van der Waals surface area contributed by atoms with E-state index in [0.717, 1.165) is 68.1 Å². The van der Waals surface area contributed by atoms with Gasteiger partial charge in [-0.25, -0.2) is 14.4 Å². The van der Waals surface area contributed by atoms with Crippen LogP contribution in [0.15, 0.2) is 24.3 Å². The van der Waals surface area contributed by atoms with Crippen molar-refractivity contribution in [3.8, 4) is 0 Å². The fourth-order valence-electron chi connectivity index (χ4n) is 6.63. The molecule has 45 heavy (non-hydrogen) atoms. The first kappa shape index (κ1) is 34.3. The van der Waals surface area contributed by atoms with Gasteiger partial charge in [-0.1, -0.05) is 49.6 Å². The number of hydrogen-bond donors (Lipinski definition) is 2. The maximum Gasteiger partial charge on any atom is 0.490 e. The van der Waals surface area contributed by atoms with Crippen molar-refractivity contribution in [3.63, 3.8) is 0 Å². The molecule has 1 aromatic rings. The van der Waals surface area contributed by atoms with E-state index < -0.39 is 36.4 Å². The minimum absolute atomic E-state index is 0.0724. The van der Waals surface area contributed by atoms with Crippen LogP contribution in [0.4, 0.5) is 18.0 Å². The summed E-state index contributed by atoms with van der Waals surface area (Å²) in [5, 5.41) is 10.8. The molecule has 0 radical (unpaired) electrons. The van der Waals surface area contributed by atoms with Crippen LogP contribution in [0.25, 0.3) is 6.08 Å². The van der Waals surface area contributed by atoms with E-state index in [4.69, 9.17) is 19.4 Å². The van der Waals surface area contributed by atoms with Gasteiger partial charge in [0.25, 0.3) is 0 Å². The van der Waals surface area contributed by atoms with Crippen LogP contribution in [-0.4, -0.2) is 82.9 Å². The molecule has 5 rings (SSSR count). The van der Waals surface area contributed by atoms with Crippen molar-refractivity contribution in [2.75, 3.05) is 13.7 Å². The summed E-state index contributed by atoms with van der Waals surface area (Å²) in [6, 6.07) is 5.29. The van der Waals surface area contributed by atoms with Crippen molar-refractivity contribution < 1.29 is 46.9 Å². The number of allylic oxidation sites excluding steroid dienone is 1. The third-order valence-corrected chi connectivity index (χ3v) is 8.96. The number of esters is 1. The van der Waals surface area contributed by atoms with Crippen molar-refractivity contribution in [3.05, 3.63) is 41.0 Å². The van der Waals surface area contributed by atoms with Crippen molar-refractivity contribution in [2.45, 2.75) is 108 Å². The van der Waals surface area contributed by atoms with Gasteiger partial charge < -0.3 is 24.8 Å². The van der Waals surface area contributed by atoms with Crippen molar-refractivity contribution in [1.29, 1.82) is 0 Å². The second-order valence-electron chi connectivity index (χ2n) is 12.2. The third-order valence-electron chi connectivity index (χ3n) is 8.96. The Labute approximate surface area is 260 Å². The highest BCUT2D eigenvalue weighted by Crippen LogP contribution is 2.33. The molecule has 1 aromatic carbocycles. The largest absolute Gasteiger partial charge is 0.490 e. The van der Waals surface area contributed by atoms with E-state index in [9.17, 15) is 27.6 Å². The van der Waals surface area contributed by atoms with Crippen LogP contribution in [-0.2, 0) is 36.9 Å². The lowest BCUT2D eigenvalue weighted by atomic mass is 9.95. The summed E-state index contributed by atoms with van der Waals surface area (Å²) in [4.78, 5) is 52.2. The highest BCUT2D eigenvalue weighted by Gasteiger charge is 2.46. The lowest BCUT2D eigenvalue weighted by molar-refractivity contribution is -0.192. The van der Waals surface area contributed by atoms with Gasteiger partial charge in [-0.3, -0.25) is 9.69 Å². The van der Waals surface area contributed by atoms with E-state index in [1.54, 1.807) is 9.80 Å². The first-order chi connectivity index (χ1) is 21.4. The van der Waals surface area contributed by atoms with Gasteiger partial charge in [0.15, 0.2) is 0 Å². The lowest BCUT2D eigenvalue weighted by Gasteiger charge is -2.33. The zero-order valence-electron chi connectivity index (χ0n) is 25.7. The smallest absolute Gasteiger partial charge is 0.475 e. The Balaban J connectivity index is 0.000000591. The van der Waals surface area contributed by atoms with Gasteiger partial charge in [-0.05, 0) is 61.6 Å². The van der Waals surface area contributed by atoms with Gasteiger partial charge >= 0.3 is 24.2 Å². The number of nitrogens with zero attached hydrogens (tertiary/aromatic N) is 2. The summed E-state index contributed by atoms with van der Waals surface area (Å²) in [7, 11) is 1.34. The van der Waals surface area contributed by atoms with Crippen LogP contribution in [0.1, 0.15) is 81.4 Å². The lowest BCUT2D eigenvalue weighted by Crippen LogP contribution is -2.55. The van der Waals surface area contributed by atoms with Crippen LogP contribution in [0.3, 0.4) is 0 Å². The SMILES string of the molecule is COC(=O)[C@@H]1C[C@@H]2CN1C(=O)[C@H](C1CCCC1)N[C@H](C)CCCC/C=C/c1cccc3c1CN(C3)C(=O)O2.O=C(O)C(F)(F)F. The first-order valence-corrected chi connectivity index (χ1v) is 15.6. The highest BCUT2D eigenvalue weighted by atomic mass is 19.4. The molecular formula is C32H42F3N3O7. The van der Waals surface area contributed by atoms with Crippen LogP contribution < -0.4 is 5.32 Å². The molecule has 2 amide bonds. The Bertz CT molecular complexity index is 1260. The van der Waals surface area contributed by atoms with Gasteiger partial charge in [0.1, 0.15) is 12.1 Å². The quantitative estimate of drug-likeness (QED) is 0.433. The Hall–Kier alpha value is -3.61. The average Bonchev–Trinajstić information content (AvgIpc) is 3.76. The second kappa shape index (κ2) is 15.1. The molecular weight excluding hydrogens is 595 g/mol. The van der Waals surface area contributed by atoms with Crippen molar-refractivity contribution >= 4 is 30.0 Å². The maximum absolute atomic E-state index is 14.0. The van der Waals surface area contributed by atoms with Gasteiger partial charge in [-0.2, -0.15) is 13.2 Å². The summed E-state index contributed by atoms with van der Waals surface area (Å²) >= 11 is 0. The fraction of sp³-hybridized carbons (Fsp3) is 0.625. The standard InChI is InChI=1S/C30H41N3O5.C2HF3O2/c1-20-10-5-3-4-6-11-21-14-9-15-23-17-32(19-25(21)23)30(36)38-24-16-26(29(35)37-2)33(18-24)28(34)27(31-20)22-12-7-8-13-22;3-2(4,5)1(6)7/h6,9,11,14-15,20,22,24,26-27,31H,3-5,7-8,10,12-13,16-19H2,1-2H3;(H,6,7)/b11-6+;/t20-,24-,26+,27+;/m1./s1. The fourth-order valence-corrected chi connectivity index (χ4v) is 6.63. The molecule has 1 aliphatic carbocycles. The first-order valence-electron chi connectivity index (χ1n) is 15.6. The summed E-state index contributed by atoms with van der Waals surface area (Å²) in [5.74, 6) is -3.04. The number of halogens is 3. The molecule has 0 aromatic heterocycles. The third kappa shape index (κ3) is 8.77. The average molecular weight is 638 g/mol. The summed E-state index contributed by atoms with van der Waals surface area (Å²) in [6.45, 7) is 3.35. The van der Waals surface area contributed by atoms with E-state index in [-0.39, 0.29) is 36.9 Å². The number of benzene rings is 1. The Morgan fingerprint density at radius 2 is 1.76 bits per heavy atom. The number of carbonyl (C=O) groups is 4. The van der Waals surface area contributed by atoms with Gasteiger partial charge in [0.2, 0.25) is 5.91 Å². The number of fused-ring (bicyclic) bond motifs is 3. The summed E-state index contributed by atoms with van der Waals surface area (Å²) < 4.78 is 42.7. The van der Waals surface area contributed by atoms with E-state index in [2.05, 4.69) is 36.5 Å². The molecule has 1 saturated carbocycles. The Morgan fingerprint density at radius 1 is 1.07 bits per heavy atom. The number of carboxylic acid groups (broad SMARTS) is 1. The molecule has 248 valence electrons. The number of hydrogen-bond acceptors (Lipinski definition) is 7. The zero-order valence-corrected chi connectivity index (χ0v) is 25.7. The number of methoxy groups -OCH3 is 1. The minimum atomic E-state index is -5.08. The Kier molecular flexibility index (Phi) is 11.5. The van der Waals surface area contributed by atoms with Gasteiger partial charge in [0, 0.05) is 19.0 Å². The second-order valence-corrected chi connectivity index (χ2v) is 12.2. The number of carbonyl (C=O) groups excluding carboxylic acids is 3. The molecule has 4 atom stereocenters. The molecule has 13 heteroatoms. The van der Waals surface area contributed by atoms with Crippen molar-refractivity contribution in [2.24, 2.45) is 5.92 Å². The van der Waals surface area contributed by atoms with Crippen molar-refractivity contribution in [1.82, 2.24) is 15.1 Å². The number of nitrogens with one attached hydrogen (secondary N) is 1. The molecule has 4 aliphatic rings. The number of amides is 2. The van der Waals surface area contributed by atoms with Crippen LogP contribution in [0.2, 0.25) is 0 Å². The highest BCUT2D eigenvalue weighted by molar-refractivity contribution is 5.88. The van der Waals surface area contributed by atoms with E-state index in [1.165, 1.54) is 7.11 Å². The molecule has 0 unspecified atom stereocenters. The molecule has 1 saturated heterocycles. The predicted molar refractivity (Wildman–Crippen MR) is 158 cm³/mol. The number of carboxylic acids is 1. The number of ether oxygens (including phenoxy) is 2. The van der Waals surface area contributed by atoms with Crippen LogP contribution >= 0.6 is 0 Å². The normalized spacial score (nSPS) is 27.0. The molecule has 0 spiro atoms. The topological polar surface area (TPSA) is 125 Å². The summed E-state index contributed by atoms with van der Waals surface area (Å²) in [6.07, 6.45) is 7.00. The predicted octanol–water partition coefficient (Wildman–Crippen LogP) is 5.04. The van der Waals surface area contributed by atoms with Crippen LogP contribution in [0.5, 0.6) is 0 Å². The number of rotatable bonds is 2. The molecule has 10 nitrogen and oxygen atoms in total. The molecule has 3 heterocycles. The number of alkyl halides is 3. The molecule has 4 bridgehead atoms. The molecule has 3 aliphatic heterocycles. The number of aliphatic carboxylic acids is 1. The van der Waals surface area contributed by atoms with E-state index in [1.807, 2.05) is 6.07 Å². The van der Waals surface area contributed by atoms with Gasteiger partial charge in [-0.15, -0.1) is 0 Å². The zero-order chi connectivity index (χ0) is 32.7. The van der Waals surface area contributed by atoms with E-state index in [0.29, 0.717) is 13.1 Å². The monoisotopic (exact) mass is 637 g/mol. The van der Waals surface area contributed by atoms with E-state index >= 15 is 0 Å². The molecule has 2 fully saturated rings. The van der Waals surface area contributed by atoms with Gasteiger partial charge in [0.05, 0.1) is 26.2 Å². The Morgan fingerprint density at radius 3 is 2.42 bits per heavy atom. The molecule has 2 N–H and O–H groups in total. The summed E-state index contributed by atoms with van der Waals surface area (Å²) in [5.41, 5.74) is 3.44. The maximum atomic E-state index is 14.0.